The minimum Gasteiger partial charge on any atom is -0.462 e. The van der Waals surface area contributed by atoms with E-state index in [0.29, 0.717) is 23.9 Å². The smallest absolute Gasteiger partial charge is 0.462 e. The van der Waals surface area contributed by atoms with Crippen molar-refractivity contribution in [2.75, 3.05) is 47.5 Å². The number of hydrogen-bond acceptors (Lipinski definition) is 7. The number of phosphoric ester groups is 1. The third-order valence-corrected chi connectivity index (χ3v) is 9.38. The van der Waals surface area contributed by atoms with Gasteiger partial charge in [-0.1, -0.05) is 160 Å². The van der Waals surface area contributed by atoms with Gasteiger partial charge in [-0.15, -0.1) is 0 Å². The predicted octanol–water partition coefficient (Wildman–Crippen LogP) is 13.2. The van der Waals surface area contributed by atoms with Crippen molar-refractivity contribution in [3.05, 3.63) is 146 Å². The summed E-state index contributed by atoms with van der Waals surface area (Å²) < 4.78 is 34.1. The van der Waals surface area contributed by atoms with Crippen molar-refractivity contribution in [1.82, 2.24) is 0 Å². The average Bonchev–Trinajstić information content (AvgIpc) is 3.23. The lowest BCUT2D eigenvalue weighted by Crippen LogP contribution is -2.37. The Morgan fingerprint density at radius 3 is 1.15 bits per heavy atom. The van der Waals surface area contributed by atoms with Gasteiger partial charge in [0.2, 0.25) is 0 Å². The van der Waals surface area contributed by atoms with Crippen molar-refractivity contribution in [3.8, 4) is 0 Å². The van der Waals surface area contributed by atoms with Crippen molar-refractivity contribution >= 4 is 19.8 Å². The van der Waals surface area contributed by atoms with Crippen LogP contribution < -0.4 is 0 Å². The summed E-state index contributed by atoms with van der Waals surface area (Å²) in [6.07, 6.45) is 62.2. The minimum absolute atomic E-state index is 0.00271. The lowest BCUT2D eigenvalue weighted by molar-refractivity contribution is -0.870. The first-order valence-electron chi connectivity index (χ1n) is 22.6. The molecule has 0 fully saturated rings. The van der Waals surface area contributed by atoms with E-state index in [9.17, 15) is 19.0 Å². The van der Waals surface area contributed by atoms with Crippen molar-refractivity contribution in [1.29, 1.82) is 0 Å². The molecule has 0 aliphatic rings. The van der Waals surface area contributed by atoms with Gasteiger partial charge in [0.25, 0.3) is 0 Å². The third-order valence-electron chi connectivity index (χ3n) is 8.39. The molecule has 0 aromatic rings. The molecule has 0 spiro atoms. The second-order valence-corrected chi connectivity index (χ2v) is 16.8. The molecule has 0 amide bonds. The summed E-state index contributed by atoms with van der Waals surface area (Å²) in [7, 11) is 1.36. The van der Waals surface area contributed by atoms with E-state index in [0.717, 1.165) is 77.0 Å². The number of carbonyl (C=O) groups is 2. The first-order chi connectivity index (χ1) is 30.0. The van der Waals surface area contributed by atoms with Crippen LogP contribution in [0, 0.1) is 0 Å². The maximum absolute atomic E-state index is 12.7. The quantitative estimate of drug-likeness (QED) is 0.0283. The highest BCUT2D eigenvalue weighted by molar-refractivity contribution is 7.47. The topological polar surface area (TPSA) is 108 Å². The van der Waals surface area contributed by atoms with Crippen LogP contribution in [-0.4, -0.2) is 74.9 Å². The van der Waals surface area contributed by atoms with Gasteiger partial charge in [-0.25, -0.2) is 4.57 Å². The van der Waals surface area contributed by atoms with E-state index < -0.39 is 32.5 Å². The molecule has 0 aromatic carbocycles. The second kappa shape index (κ2) is 42.2. The van der Waals surface area contributed by atoms with Gasteiger partial charge in [0, 0.05) is 12.8 Å². The molecule has 346 valence electrons. The van der Waals surface area contributed by atoms with Crippen LogP contribution in [0.1, 0.15) is 117 Å². The molecule has 2 unspecified atom stereocenters. The Hall–Kier alpha value is -4.11. The zero-order valence-electron chi connectivity index (χ0n) is 38.8. The molecule has 1 N–H and O–H groups in total. The minimum atomic E-state index is -4.43. The highest BCUT2D eigenvalue weighted by Crippen LogP contribution is 2.43. The summed E-state index contributed by atoms with van der Waals surface area (Å²) in [5, 5.41) is 0. The van der Waals surface area contributed by atoms with Crippen molar-refractivity contribution < 1.29 is 42.1 Å². The fourth-order valence-electron chi connectivity index (χ4n) is 4.95. The highest BCUT2D eigenvalue weighted by Gasteiger charge is 2.27. The fourth-order valence-corrected chi connectivity index (χ4v) is 5.69. The van der Waals surface area contributed by atoms with E-state index in [1.807, 2.05) is 45.4 Å². The number of quaternary nitrogens is 1. The summed E-state index contributed by atoms with van der Waals surface area (Å²) in [6.45, 7) is 3.97. The highest BCUT2D eigenvalue weighted by atomic mass is 31.2. The Bertz CT molecular complexity index is 1550. The molecule has 10 heteroatoms. The molecule has 0 bridgehead atoms. The van der Waals surface area contributed by atoms with Crippen LogP contribution in [0.4, 0.5) is 0 Å². The average molecular weight is 879 g/mol. The number of ether oxygens (including phenoxy) is 2. The number of nitrogens with zero attached hydrogens (tertiary/aromatic N) is 1. The zero-order valence-corrected chi connectivity index (χ0v) is 39.7. The SMILES string of the molecule is CCC=CCC=CCC=CCC=CCC=CCC=CCCC(=O)OCC(COP(=O)(O)OCC[N+](C)(C)C)OC(=O)CCC=CCC=CCC=CCC=CCC=CCC=CCC. The van der Waals surface area contributed by atoms with Crippen molar-refractivity contribution in [3.63, 3.8) is 0 Å². The number of likely N-dealkylation sites (N-methyl/N-ethyl adjacent to an activating group) is 1. The Morgan fingerprint density at radius 2 is 0.806 bits per heavy atom. The molecule has 9 nitrogen and oxygen atoms in total. The largest absolute Gasteiger partial charge is 0.472 e. The summed E-state index contributed by atoms with van der Waals surface area (Å²) >= 11 is 0. The normalized spacial score (nSPS) is 14.9. The van der Waals surface area contributed by atoms with E-state index in [2.05, 4.69) is 135 Å². The molecule has 0 saturated carbocycles. The van der Waals surface area contributed by atoms with Crippen LogP contribution in [0.3, 0.4) is 0 Å². The van der Waals surface area contributed by atoms with Gasteiger partial charge in [0.05, 0.1) is 27.7 Å². The molecule has 0 aliphatic carbocycles. The molecule has 0 rings (SSSR count). The lowest BCUT2D eigenvalue weighted by atomic mass is 10.2. The fraction of sp³-hybridized carbons (Fsp3) is 0.500. The number of carbonyl (C=O) groups excluding carboxylic acids is 2. The van der Waals surface area contributed by atoms with Gasteiger partial charge < -0.3 is 18.9 Å². The Morgan fingerprint density at radius 1 is 0.484 bits per heavy atom. The standard InChI is InChI=1S/C52H80NO8P/c1-6-8-10-12-14-16-18-20-22-24-26-28-30-32-34-36-38-40-42-44-51(54)58-48-50(49-60-62(56,57)59-47-46-53(3,4)5)61-52(55)45-43-41-39-37-35-33-31-29-27-25-23-21-19-17-15-13-11-9-7-2/h8-11,14-17,20-23,26-29,32-35,38-41,50H,6-7,12-13,18-19,24-25,30-31,36-37,42-49H2,1-5H3/p+1. The number of rotatable bonds is 38. The van der Waals surface area contributed by atoms with Crippen molar-refractivity contribution in [2.24, 2.45) is 0 Å². The third kappa shape index (κ3) is 45.4. The number of esters is 2. The van der Waals surface area contributed by atoms with Gasteiger partial charge in [-0.05, 0) is 89.9 Å². The summed E-state index contributed by atoms with van der Waals surface area (Å²) in [6, 6.07) is 0. The molecule has 0 heterocycles. The first kappa shape index (κ1) is 57.9. The Balaban J connectivity index is 4.63. The predicted molar refractivity (Wildman–Crippen MR) is 260 cm³/mol. The van der Waals surface area contributed by atoms with Crippen LogP contribution in [0.2, 0.25) is 0 Å². The van der Waals surface area contributed by atoms with Gasteiger partial charge >= 0.3 is 19.8 Å². The van der Waals surface area contributed by atoms with Crippen molar-refractivity contribution in [2.45, 2.75) is 123 Å². The van der Waals surface area contributed by atoms with E-state index in [1.165, 1.54) is 0 Å². The molecule has 0 radical (unpaired) electrons. The van der Waals surface area contributed by atoms with Gasteiger partial charge in [-0.2, -0.15) is 0 Å². The van der Waals surface area contributed by atoms with E-state index in [1.54, 1.807) is 0 Å². The molecule has 2 atom stereocenters. The van der Waals surface area contributed by atoms with E-state index in [-0.39, 0.29) is 26.1 Å². The number of hydrogen-bond donors (Lipinski definition) is 1. The maximum atomic E-state index is 12.7. The van der Waals surface area contributed by atoms with Gasteiger partial charge in [-0.3, -0.25) is 18.6 Å². The lowest BCUT2D eigenvalue weighted by Gasteiger charge is -2.24. The van der Waals surface area contributed by atoms with Crippen LogP contribution in [0.25, 0.3) is 0 Å². The van der Waals surface area contributed by atoms with Gasteiger partial charge in [0.15, 0.2) is 6.10 Å². The molecular weight excluding hydrogens is 798 g/mol. The second-order valence-electron chi connectivity index (χ2n) is 15.3. The summed E-state index contributed by atoms with van der Waals surface area (Å²) in [4.78, 5) is 35.3. The molecular formula is C52H81NO8P+. The summed E-state index contributed by atoms with van der Waals surface area (Å²) in [5.41, 5.74) is 0. The van der Waals surface area contributed by atoms with Crippen LogP contribution in [0.5, 0.6) is 0 Å². The number of allylic oxidation sites excluding steroid dienone is 24. The van der Waals surface area contributed by atoms with Gasteiger partial charge in [0.1, 0.15) is 19.8 Å². The molecule has 62 heavy (non-hydrogen) atoms. The first-order valence-corrected chi connectivity index (χ1v) is 24.1. The number of phosphoric acid groups is 1. The monoisotopic (exact) mass is 879 g/mol. The molecule has 0 aromatic heterocycles. The molecule has 0 aliphatic heterocycles. The maximum Gasteiger partial charge on any atom is 0.472 e. The van der Waals surface area contributed by atoms with E-state index >= 15 is 0 Å². The Kier molecular flexibility index (Phi) is 39.4. The van der Waals surface area contributed by atoms with E-state index in [4.69, 9.17) is 18.5 Å². The zero-order chi connectivity index (χ0) is 45.7. The molecule has 0 saturated heterocycles. The van der Waals surface area contributed by atoms with Crippen LogP contribution in [-0.2, 0) is 32.7 Å². The van der Waals surface area contributed by atoms with Crippen LogP contribution >= 0.6 is 7.82 Å². The summed E-state index contributed by atoms with van der Waals surface area (Å²) in [5.74, 6) is -1.01. The van der Waals surface area contributed by atoms with Crippen LogP contribution in [0.15, 0.2) is 146 Å². The Labute approximate surface area is 376 Å².